The van der Waals surface area contributed by atoms with Crippen molar-refractivity contribution in [2.45, 2.75) is 19.4 Å². The Hall–Kier alpha value is -3.67. The molecule has 1 fully saturated rings. The van der Waals surface area contributed by atoms with E-state index in [0.29, 0.717) is 19.6 Å². The number of hydrogen-bond donors (Lipinski definition) is 1. The molecule has 6 nitrogen and oxygen atoms in total. The van der Waals surface area contributed by atoms with Crippen molar-refractivity contribution in [2.75, 3.05) is 13.1 Å². The van der Waals surface area contributed by atoms with E-state index in [9.17, 15) is 9.59 Å². The summed E-state index contributed by atoms with van der Waals surface area (Å²) in [5.41, 5.74) is 9.29. The first-order valence-corrected chi connectivity index (χ1v) is 10.5. The van der Waals surface area contributed by atoms with E-state index >= 15 is 0 Å². The summed E-state index contributed by atoms with van der Waals surface area (Å²) in [6, 6.07) is 20.1. The average Bonchev–Trinajstić information content (AvgIpc) is 3.21. The van der Waals surface area contributed by atoms with Crippen molar-refractivity contribution in [1.82, 2.24) is 14.7 Å². The molecule has 158 valence electrons. The summed E-state index contributed by atoms with van der Waals surface area (Å²) in [5.74, 6) is -0.713. The number of benzene rings is 2. The minimum absolute atomic E-state index is 0.110. The maximum absolute atomic E-state index is 12.7. The zero-order valence-electron chi connectivity index (χ0n) is 17.4. The molecule has 31 heavy (non-hydrogen) atoms. The maximum atomic E-state index is 12.7. The lowest BCUT2D eigenvalue weighted by molar-refractivity contribution is -0.130. The second kappa shape index (κ2) is 9.43. The van der Waals surface area contributed by atoms with E-state index in [4.69, 9.17) is 10.8 Å². The molecular weight excluding hydrogens is 388 g/mol. The van der Waals surface area contributed by atoms with E-state index in [1.54, 1.807) is 11.0 Å². The van der Waals surface area contributed by atoms with Crippen LogP contribution in [0.5, 0.6) is 0 Å². The third-order valence-electron chi connectivity index (χ3n) is 5.57. The molecule has 0 spiro atoms. The van der Waals surface area contributed by atoms with Crippen LogP contribution in [0.4, 0.5) is 0 Å². The van der Waals surface area contributed by atoms with Gasteiger partial charge in [0.2, 0.25) is 11.8 Å². The molecule has 1 aliphatic rings. The molecule has 1 aromatic heterocycles. The molecule has 1 unspecified atom stereocenters. The van der Waals surface area contributed by atoms with Crippen LogP contribution in [0, 0.1) is 5.92 Å². The highest BCUT2D eigenvalue weighted by Gasteiger charge is 2.26. The number of rotatable bonds is 6. The zero-order valence-corrected chi connectivity index (χ0v) is 17.4. The third kappa shape index (κ3) is 5.09. The third-order valence-corrected chi connectivity index (χ3v) is 5.57. The second-order valence-electron chi connectivity index (χ2n) is 7.84. The summed E-state index contributed by atoms with van der Waals surface area (Å²) >= 11 is 0. The molecule has 0 radical (unpaired) electrons. The predicted octanol–water partition coefficient (Wildman–Crippen LogP) is 3.34. The number of likely N-dealkylation sites (tertiary alicyclic amines) is 1. The van der Waals surface area contributed by atoms with Crippen molar-refractivity contribution in [1.29, 1.82) is 0 Å². The summed E-state index contributed by atoms with van der Waals surface area (Å²) in [6.45, 7) is 1.68. The molecule has 6 heteroatoms. The van der Waals surface area contributed by atoms with Crippen molar-refractivity contribution in [2.24, 2.45) is 11.7 Å². The van der Waals surface area contributed by atoms with Crippen molar-refractivity contribution in [3.05, 3.63) is 84.1 Å². The van der Waals surface area contributed by atoms with Gasteiger partial charge in [0.1, 0.15) is 0 Å². The normalized spacial score (nSPS) is 16.5. The van der Waals surface area contributed by atoms with Gasteiger partial charge in [-0.1, -0.05) is 60.7 Å². The number of primary amides is 1. The first-order valence-electron chi connectivity index (χ1n) is 10.5. The molecule has 0 aliphatic carbocycles. The summed E-state index contributed by atoms with van der Waals surface area (Å²) in [6.07, 6.45) is 6.87. The highest BCUT2D eigenvalue weighted by Crippen LogP contribution is 2.24. The van der Waals surface area contributed by atoms with Crippen LogP contribution in [0.1, 0.15) is 24.0 Å². The molecule has 0 saturated carbocycles. The standard InChI is InChI=1S/C25H26N4O2/c26-25(31)22-12-7-15-28(17-22)23(30)14-13-21-18-29(16-19-8-3-1-4-9-19)27-24(21)20-10-5-2-6-11-20/h1-6,8-11,13-14,18,22H,7,12,15-17H2,(H2,26,31)/b14-13+. The monoisotopic (exact) mass is 414 g/mol. The van der Waals surface area contributed by atoms with Gasteiger partial charge in [-0.2, -0.15) is 5.10 Å². The van der Waals surface area contributed by atoms with E-state index in [1.165, 1.54) is 0 Å². The van der Waals surface area contributed by atoms with Gasteiger partial charge in [-0.25, -0.2) is 0 Å². The molecule has 2 aromatic carbocycles. The van der Waals surface area contributed by atoms with Crippen LogP contribution in [0.15, 0.2) is 72.9 Å². The number of nitrogens with zero attached hydrogens (tertiary/aromatic N) is 3. The van der Waals surface area contributed by atoms with Gasteiger partial charge >= 0.3 is 0 Å². The SMILES string of the molecule is NC(=O)C1CCCN(C(=O)/C=C/c2cn(Cc3ccccc3)nc2-c2ccccc2)C1. The largest absolute Gasteiger partial charge is 0.369 e. The Labute approximate surface area is 182 Å². The lowest BCUT2D eigenvalue weighted by atomic mass is 9.97. The van der Waals surface area contributed by atoms with Gasteiger partial charge in [-0.05, 0) is 24.5 Å². The maximum Gasteiger partial charge on any atom is 0.246 e. The van der Waals surface area contributed by atoms with E-state index in [-0.39, 0.29) is 17.7 Å². The highest BCUT2D eigenvalue weighted by atomic mass is 16.2. The number of hydrogen-bond acceptors (Lipinski definition) is 3. The Morgan fingerprint density at radius 1 is 1.06 bits per heavy atom. The van der Waals surface area contributed by atoms with Crippen molar-refractivity contribution < 1.29 is 9.59 Å². The molecule has 4 rings (SSSR count). The van der Waals surface area contributed by atoms with Crippen LogP contribution in [-0.4, -0.2) is 39.6 Å². The van der Waals surface area contributed by atoms with Crippen LogP contribution in [0.25, 0.3) is 17.3 Å². The van der Waals surface area contributed by atoms with Crippen LogP contribution in [0.3, 0.4) is 0 Å². The molecule has 1 saturated heterocycles. The van der Waals surface area contributed by atoms with Gasteiger partial charge in [0.25, 0.3) is 0 Å². The summed E-state index contributed by atoms with van der Waals surface area (Å²) in [7, 11) is 0. The minimum Gasteiger partial charge on any atom is -0.369 e. The van der Waals surface area contributed by atoms with Crippen LogP contribution >= 0.6 is 0 Å². The van der Waals surface area contributed by atoms with Gasteiger partial charge in [0.05, 0.1) is 18.2 Å². The van der Waals surface area contributed by atoms with E-state index in [0.717, 1.165) is 35.2 Å². The average molecular weight is 415 g/mol. The van der Waals surface area contributed by atoms with Gasteiger partial charge in [-0.3, -0.25) is 14.3 Å². The fourth-order valence-electron chi connectivity index (χ4n) is 3.91. The van der Waals surface area contributed by atoms with Gasteiger partial charge < -0.3 is 10.6 Å². The van der Waals surface area contributed by atoms with Crippen molar-refractivity contribution in [3.63, 3.8) is 0 Å². The van der Waals surface area contributed by atoms with E-state index in [1.807, 2.05) is 65.5 Å². The Morgan fingerprint density at radius 2 is 1.77 bits per heavy atom. The smallest absolute Gasteiger partial charge is 0.246 e. The number of carbonyl (C=O) groups excluding carboxylic acids is 2. The lowest BCUT2D eigenvalue weighted by Gasteiger charge is -2.30. The van der Waals surface area contributed by atoms with Gasteiger partial charge in [0.15, 0.2) is 0 Å². The summed E-state index contributed by atoms with van der Waals surface area (Å²) < 4.78 is 1.89. The lowest BCUT2D eigenvalue weighted by Crippen LogP contribution is -2.43. The van der Waals surface area contributed by atoms with Gasteiger partial charge in [0, 0.05) is 36.5 Å². The Balaban J connectivity index is 1.57. The summed E-state index contributed by atoms with van der Waals surface area (Å²) in [5, 5.41) is 4.78. The van der Waals surface area contributed by atoms with Crippen LogP contribution in [-0.2, 0) is 16.1 Å². The molecule has 0 bridgehead atoms. The Kier molecular flexibility index (Phi) is 6.26. The highest BCUT2D eigenvalue weighted by molar-refractivity contribution is 5.93. The zero-order chi connectivity index (χ0) is 21.6. The number of carbonyl (C=O) groups is 2. The van der Waals surface area contributed by atoms with Gasteiger partial charge in [-0.15, -0.1) is 0 Å². The molecule has 2 heterocycles. The number of piperidine rings is 1. The van der Waals surface area contributed by atoms with E-state index in [2.05, 4.69) is 12.1 Å². The number of amides is 2. The second-order valence-corrected chi connectivity index (χ2v) is 7.84. The summed E-state index contributed by atoms with van der Waals surface area (Å²) in [4.78, 5) is 26.0. The quantitative estimate of drug-likeness (QED) is 0.628. The first kappa shape index (κ1) is 20.6. The fraction of sp³-hybridized carbons (Fsp3) is 0.240. The van der Waals surface area contributed by atoms with Crippen molar-refractivity contribution in [3.8, 4) is 11.3 Å². The minimum atomic E-state index is -0.338. The first-order chi connectivity index (χ1) is 15.1. The molecule has 3 aromatic rings. The molecule has 1 aliphatic heterocycles. The van der Waals surface area contributed by atoms with Crippen molar-refractivity contribution >= 4 is 17.9 Å². The van der Waals surface area contributed by atoms with Crippen LogP contribution in [0.2, 0.25) is 0 Å². The number of aromatic nitrogens is 2. The predicted molar refractivity (Wildman–Crippen MR) is 121 cm³/mol. The Morgan fingerprint density at radius 3 is 2.48 bits per heavy atom. The topological polar surface area (TPSA) is 81.2 Å². The molecule has 1 atom stereocenters. The fourth-order valence-corrected chi connectivity index (χ4v) is 3.91. The van der Waals surface area contributed by atoms with Crippen LogP contribution < -0.4 is 5.73 Å². The molecule has 2 amide bonds. The van der Waals surface area contributed by atoms with E-state index < -0.39 is 0 Å². The molecular formula is C25H26N4O2. The molecule has 2 N–H and O–H groups in total. The Bertz CT molecular complexity index is 1070. The number of nitrogens with two attached hydrogens (primary N) is 1.